The van der Waals surface area contributed by atoms with Gasteiger partial charge in [-0.2, -0.15) is 0 Å². The van der Waals surface area contributed by atoms with Crippen LogP contribution in [0.5, 0.6) is 0 Å². The summed E-state index contributed by atoms with van der Waals surface area (Å²) in [6.07, 6.45) is 9.15. The minimum absolute atomic E-state index is 0.195. The van der Waals surface area contributed by atoms with E-state index >= 15 is 0 Å². The average molecular weight is 248 g/mol. The van der Waals surface area contributed by atoms with E-state index in [2.05, 4.69) is 13.8 Å². The third-order valence-corrected chi connectivity index (χ3v) is 2.35. The van der Waals surface area contributed by atoms with E-state index in [1.807, 2.05) is 0 Å². The van der Waals surface area contributed by atoms with Gasteiger partial charge in [0.05, 0.1) is 0 Å². The number of unbranched alkanes of at least 4 members (excludes halogenated alkanes) is 5. The van der Waals surface area contributed by atoms with Gasteiger partial charge in [-0.1, -0.05) is 39.5 Å². The minimum Gasteiger partial charge on any atom is -0.396 e. The third kappa shape index (κ3) is 25.8. The van der Waals surface area contributed by atoms with Crippen LogP contribution in [0.1, 0.15) is 65.2 Å². The summed E-state index contributed by atoms with van der Waals surface area (Å²) in [5.74, 6) is 0. The molecule has 0 atom stereocenters. The lowest BCUT2D eigenvalue weighted by Gasteiger charge is -2.01. The van der Waals surface area contributed by atoms with Crippen LogP contribution in [0.4, 0.5) is 0 Å². The average Bonchev–Trinajstić information content (AvgIpc) is 2.36. The fraction of sp³-hybridized carbons (Fsp3) is 1.00. The molecule has 0 saturated carbocycles. The highest BCUT2D eigenvalue weighted by Crippen LogP contribution is 1.99. The molecule has 3 heteroatoms. The number of rotatable bonds is 11. The van der Waals surface area contributed by atoms with Crippen molar-refractivity contribution in [3.05, 3.63) is 0 Å². The maximum absolute atomic E-state index is 8.09. The second-order valence-corrected chi connectivity index (χ2v) is 4.18. The number of ether oxygens (including phenoxy) is 1. The molecule has 0 radical (unpaired) electrons. The van der Waals surface area contributed by atoms with Gasteiger partial charge >= 0.3 is 0 Å². The van der Waals surface area contributed by atoms with E-state index in [-0.39, 0.29) is 13.2 Å². The van der Waals surface area contributed by atoms with Gasteiger partial charge in [0.2, 0.25) is 0 Å². The monoisotopic (exact) mass is 248 g/mol. The van der Waals surface area contributed by atoms with Crippen molar-refractivity contribution in [1.29, 1.82) is 0 Å². The van der Waals surface area contributed by atoms with E-state index in [9.17, 15) is 0 Å². The normalized spacial score (nSPS) is 9.88. The molecule has 0 aliphatic heterocycles. The molecule has 0 heterocycles. The summed E-state index contributed by atoms with van der Waals surface area (Å²) in [5, 5.41) is 16.2. The van der Waals surface area contributed by atoms with E-state index in [1.54, 1.807) is 0 Å². The zero-order valence-electron chi connectivity index (χ0n) is 11.8. The van der Waals surface area contributed by atoms with Gasteiger partial charge in [-0.25, -0.2) is 0 Å². The van der Waals surface area contributed by atoms with Crippen LogP contribution in [0.2, 0.25) is 0 Å². The fourth-order valence-electron chi connectivity index (χ4n) is 1.20. The smallest absolute Gasteiger partial charge is 0.0466 e. The molecule has 0 aliphatic carbocycles. The van der Waals surface area contributed by atoms with Crippen molar-refractivity contribution in [2.24, 2.45) is 0 Å². The quantitative estimate of drug-likeness (QED) is 0.552. The zero-order valence-corrected chi connectivity index (χ0v) is 11.8. The van der Waals surface area contributed by atoms with Gasteiger partial charge in [0.15, 0.2) is 0 Å². The molecule has 0 unspecified atom stereocenters. The second-order valence-electron chi connectivity index (χ2n) is 4.18. The Morgan fingerprint density at radius 2 is 1.18 bits per heavy atom. The molecule has 17 heavy (non-hydrogen) atoms. The first kappa shape index (κ1) is 19.2. The Morgan fingerprint density at radius 3 is 1.65 bits per heavy atom. The van der Waals surface area contributed by atoms with Crippen LogP contribution in [0.15, 0.2) is 0 Å². The molecule has 0 rings (SSSR count). The van der Waals surface area contributed by atoms with Gasteiger partial charge in [-0.3, -0.25) is 0 Å². The summed E-state index contributed by atoms with van der Waals surface area (Å²) in [4.78, 5) is 0. The van der Waals surface area contributed by atoms with Crippen molar-refractivity contribution in [2.75, 3.05) is 26.4 Å². The van der Waals surface area contributed by atoms with Crippen molar-refractivity contribution in [3.8, 4) is 0 Å². The Labute approximate surface area is 107 Å². The Kier molecular flexibility index (Phi) is 24.0. The summed E-state index contributed by atoms with van der Waals surface area (Å²) >= 11 is 0. The van der Waals surface area contributed by atoms with E-state index in [0.29, 0.717) is 0 Å². The first-order valence-electron chi connectivity index (χ1n) is 7.12. The molecule has 2 N–H and O–H groups in total. The summed E-state index contributed by atoms with van der Waals surface area (Å²) in [6, 6.07) is 0. The first-order valence-corrected chi connectivity index (χ1v) is 7.12. The SMILES string of the molecule is CCCCCCOCCCC.OCCCCO. The van der Waals surface area contributed by atoms with Crippen molar-refractivity contribution < 1.29 is 14.9 Å². The van der Waals surface area contributed by atoms with E-state index in [1.165, 1.54) is 38.5 Å². The minimum atomic E-state index is 0.195. The Bertz CT molecular complexity index is 95.6. The molecule has 0 aromatic rings. The topological polar surface area (TPSA) is 49.7 Å². The molecule has 0 aliphatic rings. The molecule has 0 saturated heterocycles. The summed E-state index contributed by atoms with van der Waals surface area (Å²) in [6.45, 7) is 6.75. The fourth-order valence-corrected chi connectivity index (χ4v) is 1.20. The van der Waals surface area contributed by atoms with Crippen molar-refractivity contribution in [3.63, 3.8) is 0 Å². The lowest BCUT2D eigenvalue weighted by atomic mass is 10.2. The van der Waals surface area contributed by atoms with Crippen LogP contribution in [-0.4, -0.2) is 36.6 Å². The van der Waals surface area contributed by atoms with Gasteiger partial charge in [-0.15, -0.1) is 0 Å². The zero-order chi connectivity index (χ0) is 13.2. The van der Waals surface area contributed by atoms with Crippen LogP contribution < -0.4 is 0 Å². The highest BCUT2D eigenvalue weighted by Gasteiger charge is 1.88. The number of hydrogen-bond donors (Lipinski definition) is 2. The Balaban J connectivity index is 0. The third-order valence-electron chi connectivity index (χ3n) is 2.35. The van der Waals surface area contributed by atoms with Gasteiger partial charge in [-0.05, 0) is 25.7 Å². The Hall–Kier alpha value is -0.120. The van der Waals surface area contributed by atoms with Crippen molar-refractivity contribution in [2.45, 2.75) is 65.2 Å². The molecule has 0 fully saturated rings. The second kappa shape index (κ2) is 21.2. The van der Waals surface area contributed by atoms with Crippen molar-refractivity contribution >= 4 is 0 Å². The van der Waals surface area contributed by atoms with E-state index in [4.69, 9.17) is 14.9 Å². The van der Waals surface area contributed by atoms with Gasteiger partial charge in [0.25, 0.3) is 0 Å². The predicted molar refractivity (Wildman–Crippen MR) is 73.3 cm³/mol. The lowest BCUT2D eigenvalue weighted by Crippen LogP contribution is -1.96. The maximum atomic E-state index is 8.09. The van der Waals surface area contributed by atoms with Gasteiger partial charge < -0.3 is 14.9 Å². The molecular weight excluding hydrogens is 216 g/mol. The molecule has 106 valence electrons. The van der Waals surface area contributed by atoms with Gasteiger partial charge in [0.1, 0.15) is 0 Å². The van der Waals surface area contributed by atoms with E-state index < -0.39 is 0 Å². The molecule has 3 nitrogen and oxygen atoms in total. The van der Waals surface area contributed by atoms with Crippen LogP contribution in [-0.2, 0) is 4.74 Å². The number of aliphatic hydroxyl groups excluding tert-OH is 2. The summed E-state index contributed by atoms with van der Waals surface area (Å²) in [5.41, 5.74) is 0. The maximum Gasteiger partial charge on any atom is 0.0466 e. The van der Waals surface area contributed by atoms with Crippen LogP contribution >= 0.6 is 0 Å². The van der Waals surface area contributed by atoms with Crippen LogP contribution in [0.3, 0.4) is 0 Å². The molecule has 0 spiro atoms. The highest BCUT2D eigenvalue weighted by atomic mass is 16.5. The molecule has 0 amide bonds. The molecule has 0 bridgehead atoms. The standard InChI is InChI=1S/C10H22O.C4H10O2/c1-3-5-7-8-10-11-9-6-4-2;5-3-1-2-4-6/h3-10H2,1-2H3;5-6H,1-4H2. The van der Waals surface area contributed by atoms with Crippen LogP contribution in [0, 0.1) is 0 Å². The Morgan fingerprint density at radius 1 is 0.647 bits per heavy atom. The molecule has 0 aromatic carbocycles. The van der Waals surface area contributed by atoms with Gasteiger partial charge in [0, 0.05) is 26.4 Å². The lowest BCUT2D eigenvalue weighted by molar-refractivity contribution is 0.127. The summed E-state index contributed by atoms with van der Waals surface area (Å²) in [7, 11) is 0. The number of aliphatic hydroxyl groups is 2. The summed E-state index contributed by atoms with van der Waals surface area (Å²) < 4.78 is 5.42. The van der Waals surface area contributed by atoms with E-state index in [0.717, 1.165) is 26.1 Å². The molecular formula is C14H32O3. The van der Waals surface area contributed by atoms with Crippen molar-refractivity contribution in [1.82, 2.24) is 0 Å². The predicted octanol–water partition coefficient (Wildman–Crippen LogP) is 3.13. The number of hydrogen-bond acceptors (Lipinski definition) is 3. The largest absolute Gasteiger partial charge is 0.396 e. The first-order chi connectivity index (χ1) is 8.33. The highest BCUT2D eigenvalue weighted by molar-refractivity contribution is 4.39. The van der Waals surface area contributed by atoms with Crippen LogP contribution in [0.25, 0.3) is 0 Å². The molecule has 0 aromatic heterocycles.